The third-order valence-corrected chi connectivity index (χ3v) is 4.92. The first kappa shape index (κ1) is 18.7. The van der Waals surface area contributed by atoms with Crippen molar-refractivity contribution in [2.75, 3.05) is 6.61 Å². The predicted molar refractivity (Wildman–Crippen MR) is 98.4 cm³/mol. The number of hydrogen-bond acceptors (Lipinski definition) is 4. The van der Waals surface area contributed by atoms with Crippen molar-refractivity contribution in [2.24, 2.45) is 0 Å². The highest BCUT2D eigenvalue weighted by atomic mass is 35.5. The molecule has 1 heterocycles. The second-order valence-electron chi connectivity index (χ2n) is 5.12. The Balaban J connectivity index is 2.31. The van der Waals surface area contributed by atoms with E-state index < -0.39 is 0 Å². The third kappa shape index (κ3) is 3.89. The van der Waals surface area contributed by atoms with Crippen molar-refractivity contribution < 1.29 is 14.3 Å². The van der Waals surface area contributed by atoms with Gasteiger partial charge in [0.15, 0.2) is 5.75 Å². The summed E-state index contributed by atoms with van der Waals surface area (Å²) in [6.07, 6.45) is 7.44. The lowest BCUT2D eigenvalue weighted by Crippen LogP contribution is -2.36. The fraction of sp³-hybridized carbons (Fsp3) is 0.294. The second-order valence-corrected chi connectivity index (χ2v) is 6.92. The standard InChI is InChI=1S/C17H15Cl2NO3S/c1-4-6-23-15-12(18)7-11(8-13(15)19)9-14-16(21)20(10(3)5-2)17(22)24-14/h1,7-10H,5-6H2,2-3H3/b14-9-/t10-/m0/s1. The largest absolute Gasteiger partial charge is 0.478 e. The summed E-state index contributed by atoms with van der Waals surface area (Å²) in [4.78, 5) is 26.0. The van der Waals surface area contributed by atoms with Gasteiger partial charge in [0.05, 0.1) is 15.0 Å². The van der Waals surface area contributed by atoms with Crippen LogP contribution >= 0.6 is 35.0 Å². The Labute approximate surface area is 155 Å². The molecule has 0 bridgehead atoms. The Morgan fingerprint density at radius 3 is 2.54 bits per heavy atom. The first-order valence-electron chi connectivity index (χ1n) is 7.21. The Morgan fingerprint density at radius 1 is 1.38 bits per heavy atom. The maximum absolute atomic E-state index is 12.4. The number of nitrogens with zero attached hydrogens (tertiary/aromatic N) is 1. The lowest BCUT2D eigenvalue weighted by atomic mass is 10.2. The number of imide groups is 1. The molecule has 24 heavy (non-hydrogen) atoms. The summed E-state index contributed by atoms with van der Waals surface area (Å²) in [5, 5.41) is 0.294. The van der Waals surface area contributed by atoms with Crippen LogP contribution in [0.4, 0.5) is 4.79 Å². The smallest absolute Gasteiger partial charge is 0.293 e. The predicted octanol–water partition coefficient (Wildman–Crippen LogP) is 4.84. The van der Waals surface area contributed by atoms with Gasteiger partial charge in [-0.15, -0.1) is 6.42 Å². The van der Waals surface area contributed by atoms with Crippen molar-refractivity contribution in [1.29, 1.82) is 0 Å². The molecule has 1 aliphatic rings. The lowest BCUT2D eigenvalue weighted by molar-refractivity contribution is -0.124. The van der Waals surface area contributed by atoms with Crippen LogP contribution in [0, 0.1) is 12.3 Å². The third-order valence-electron chi connectivity index (χ3n) is 3.47. The average molecular weight is 384 g/mol. The van der Waals surface area contributed by atoms with Crippen molar-refractivity contribution in [3.8, 4) is 18.1 Å². The molecule has 1 aliphatic heterocycles. The van der Waals surface area contributed by atoms with Crippen LogP contribution in [0.2, 0.25) is 10.0 Å². The summed E-state index contributed by atoms with van der Waals surface area (Å²) >= 11 is 13.2. The SMILES string of the molecule is C#CCOc1c(Cl)cc(/C=C2\SC(=O)N([C@@H](C)CC)C2=O)cc1Cl. The molecule has 1 aromatic carbocycles. The minimum atomic E-state index is -0.306. The van der Waals surface area contributed by atoms with E-state index in [1.807, 2.05) is 13.8 Å². The topological polar surface area (TPSA) is 46.6 Å². The molecule has 2 rings (SSSR count). The molecule has 126 valence electrons. The van der Waals surface area contributed by atoms with Crippen LogP contribution in [0.15, 0.2) is 17.0 Å². The van der Waals surface area contributed by atoms with E-state index in [-0.39, 0.29) is 33.8 Å². The van der Waals surface area contributed by atoms with Crippen LogP contribution in [0.3, 0.4) is 0 Å². The number of ether oxygens (including phenoxy) is 1. The number of thioether (sulfide) groups is 1. The van der Waals surface area contributed by atoms with Crippen LogP contribution in [0.5, 0.6) is 5.75 Å². The highest BCUT2D eigenvalue weighted by molar-refractivity contribution is 8.18. The molecule has 0 aliphatic carbocycles. The normalized spacial score (nSPS) is 17.3. The first-order valence-corrected chi connectivity index (χ1v) is 8.78. The van der Waals surface area contributed by atoms with Crippen molar-refractivity contribution in [1.82, 2.24) is 4.90 Å². The Kier molecular flexibility index (Phi) is 6.22. The van der Waals surface area contributed by atoms with Crippen LogP contribution in [-0.2, 0) is 4.79 Å². The number of amides is 2. The molecular weight excluding hydrogens is 369 g/mol. The maximum Gasteiger partial charge on any atom is 0.293 e. The minimum Gasteiger partial charge on any atom is -0.478 e. The minimum absolute atomic E-state index is 0.0482. The van der Waals surface area contributed by atoms with Crippen molar-refractivity contribution in [3.05, 3.63) is 32.6 Å². The summed E-state index contributed by atoms with van der Waals surface area (Å²) in [6.45, 7) is 3.81. The van der Waals surface area contributed by atoms with Gasteiger partial charge in [-0.25, -0.2) is 0 Å². The van der Waals surface area contributed by atoms with Crippen LogP contribution in [0.25, 0.3) is 6.08 Å². The molecule has 0 unspecified atom stereocenters. The van der Waals surface area contributed by atoms with Gasteiger partial charge in [-0.3, -0.25) is 14.5 Å². The molecule has 0 N–H and O–H groups in total. The quantitative estimate of drug-likeness (QED) is 0.538. The second kappa shape index (κ2) is 7.98. The maximum atomic E-state index is 12.4. The number of benzene rings is 1. The van der Waals surface area contributed by atoms with Gasteiger partial charge in [-0.1, -0.05) is 36.0 Å². The molecule has 1 atom stereocenters. The van der Waals surface area contributed by atoms with E-state index in [4.69, 9.17) is 34.4 Å². The summed E-state index contributed by atoms with van der Waals surface area (Å²) < 4.78 is 5.29. The molecule has 0 spiro atoms. The Bertz CT molecular complexity index is 732. The van der Waals surface area contributed by atoms with E-state index in [0.717, 1.165) is 11.8 Å². The highest BCUT2D eigenvalue weighted by Crippen LogP contribution is 2.38. The van der Waals surface area contributed by atoms with E-state index in [1.54, 1.807) is 18.2 Å². The van der Waals surface area contributed by atoms with Crippen LogP contribution < -0.4 is 4.74 Å². The number of halogens is 2. The Morgan fingerprint density at radius 2 is 2.00 bits per heavy atom. The van der Waals surface area contributed by atoms with Crippen LogP contribution in [0.1, 0.15) is 25.8 Å². The monoisotopic (exact) mass is 383 g/mol. The lowest BCUT2D eigenvalue weighted by Gasteiger charge is -2.19. The van der Waals surface area contributed by atoms with Gasteiger partial charge in [-0.2, -0.15) is 0 Å². The Hall–Kier alpha value is -1.61. The molecule has 0 saturated carbocycles. The number of carbonyl (C=O) groups excluding carboxylic acids is 2. The molecule has 1 saturated heterocycles. The van der Waals surface area contributed by atoms with Crippen molar-refractivity contribution in [3.63, 3.8) is 0 Å². The van der Waals surface area contributed by atoms with Gasteiger partial charge in [0, 0.05) is 6.04 Å². The van der Waals surface area contributed by atoms with Crippen LogP contribution in [-0.4, -0.2) is 28.7 Å². The number of carbonyl (C=O) groups is 2. The highest BCUT2D eigenvalue weighted by Gasteiger charge is 2.37. The number of rotatable bonds is 5. The molecule has 7 heteroatoms. The van der Waals surface area contributed by atoms with Gasteiger partial charge in [0.25, 0.3) is 11.1 Å². The van der Waals surface area contributed by atoms with E-state index in [9.17, 15) is 9.59 Å². The van der Waals surface area contributed by atoms with Gasteiger partial charge in [0.1, 0.15) is 6.61 Å². The van der Waals surface area contributed by atoms with Gasteiger partial charge < -0.3 is 4.74 Å². The molecule has 0 radical (unpaired) electrons. The zero-order valence-electron chi connectivity index (χ0n) is 13.1. The molecule has 0 aromatic heterocycles. The van der Waals surface area contributed by atoms with Crippen molar-refractivity contribution in [2.45, 2.75) is 26.3 Å². The zero-order chi connectivity index (χ0) is 17.9. The summed E-state index contributed by atoms with van der Waals surface area (Å²) in [7, 11) is 0. The molecule has 2 amide bonds. The molecule has 4 nitrogen and oxygen atoms in total. The fourth-order valence-corrected chi connectivity index (χ4v) is 3.65. The number of hydrogen-bond donors (Lipinski definition) is 0. The summed E-state index contributed by atoms with van der Waals surface area (Å²) in [5.74, 6) is 2.32. The van der Waals surface area contributed by atoms with Gasteiger partial charge in [0.2, 0.25) is 0 Å². The fourth-order valence-electron chi connectivity index (χ4n) is 2.11. The first-order chi connectivity index (χ1) is 11.4. The van der Waals surface area contributed by atoms with E-state index >= 15 is 0 Å². The van der Waals surface area contributed by atoms with Crippen molar-refractivity contribution >= 4 is 52.2 Å². The zero-order valence-corrected chi connectivity index (χ0v) is 15.5. The van der Waals surface area contributed by atoms with E-state index in [2.05, 4.69) is 5.92 Å². The number of terminal acetylenes is 1. The summed E-state index contributed by atoms with van der Waals surface area (Å²) in [5.41, 5.74) is 0.604. The van der Waals surface area contributed by atoms with Gasteiger partial charge >= 0.3 is 0 Å². The van der Waals surface area contributed by atoms with E-state index in [1.165, 1.54) is 4.90 Å². The average Bonchev–Trinajstić information content (AvgIpc) is 2.80. The molecule has 1 fully saturated rings. The molecule has 1 aromatic rings. The van der Waals surface area contributed by atoms with E-state index in [0.29, 0.717) is 22.6 Å². The van der Waals surface area contributed by atoms with Gasteiger partial charge in [-0.05, 0) is 48.9 Å². The summed E-state index contributed by atoms with van der Waals surface area (Å²) in [6, 6.07) is 3.07. The molecular formula is C17H15Cl2NO3S.